The van der Waals surface area contributed by atoms with Crippen LogP contribution < -0.4 is 4.31 Å². The van der Waals surface area contributed by atoms with Crippen LogP contribution in [0.4, 0.5) is 18.9 Å². The van der Waals surface area contributed by atoms with Gasteiger partial charge in [-0.05, 0) is 59.3 Å². The monoisotopic (exact) mass is 457 g/mol. The summed E-state index contributed by atoms with van der Waals surface area (Å²) in [5.74, 6) is -1.06. The third kappa shape index (κ3) is 5.89. The highest BCUT2D eigenvalue weighted by molar-refractivity contribution is 8.03. The van der Waals surface area contributed by atoms with Gasteiger partial charge in [0.2, 0.25) is 0 Å². The highest BCUT2D eigenvalue weighted by Gasteiger charge is 2.33. The van der Waals surface area contributed by atoms with Gasteiger partial charge in [0.1, 0.15) is 0 Å². The Kier molecular flexibility index (Phi) is 7.08. The van der Waals surface area contributed by atoms with Gasteiger partial charge in [-0.25, -0.2) is 8.42 Å². The van der Waals surface area contributed by atoms with Gasteiger partial charge >= 0.3 is 5.51 Å². The molecule has 0 heterocycles. The maximum absolute atomic E-state index is 13.3. The average molecular weight is 458 g/mol. The second-order valence-electron chi connectivity index (χ2n) is 7.55. The van der Waals surface area contributed by atoms with Crippen LogP contribution in [0.5, 0.6) is 0 Å². The lowest BCUT2D eigenvalue weighted by molar-refractivity contribution is -0.114. The first-order chi connectivity index (χ1) is 13.7. The fourth-order valence-corrected chi connectivity index (χ4v) is 4.39. The van der Waals surface area contributed by atoms with E-state index in [2.05, 4.69) is 0 Å². The van der Waals surface area contributed by atoms with E-state index in [1.807, 2.05) is 20.8 Å². The molecule has 0 aliphatic carbocycles. The number of rotatable bonds is 5. The number of sulfonamides is 1. The lowest BCUT2D eigenvalue weighted by atomic mass is 9.87. The molecule has 30 heavy (non-hydrogen) atoms. The Hall–Kier alpha value is -2.26. The van der Waals surface area contributed by atoms with Crippen molar-refractivity contribution in [1.29, 1.82) is 0 Å². The first kappa shape index (κ1) is 24.0. The minimum absolute atomic E-state index is 0.0344. The van der Waals surface area contributed by atoms with Gasteiger partial charge in [-0.2, -0.15) is 17.5 Å². The molecule has 0 aromatic heterocycles. The number of halogens is 3. The maximum Gasteiger partial charge on any atom is 0.445 e. The summed E-state index contributed by atoms with van der Waals surface area (Å²) in [5, 5.41) is 0.608. The van der Waals surface area contributed by atoms with Crippen molar-refractivity contribution in [3.05, 3.63) is 71.1 Å². The molecule has 0 radical (unpaired) electrons. The van der Waals surface area contributed by atoms with Crippen molar-refractivity contribution in [1.82, 2.24) is 0 Å². The zero-order valence-electron chi connectivity index (χ0n) is 16.9. The molecule has 4 nitrogen and oxygen atoms in total. The topological polar surface area (TPSA) is 54.5 Å². The molecule has 0 bridgehead atoms. The van der Waals surface area contributed by atoms with Gasteiger partial charge in [-0.15, -0.1) is 0 Å². The summed E-state index contributed by atoms with van der Waals surface area (Å²) in [7, 11) is -4.36. The van der Waals surface area contributed by atoms with Gasteiger partial charge in [0, 0.05) is 5.57 Å². The predicted molar refractivity (Wildman–Crippen MR) is 114 cm³/mol. The van der Waals surface area contributed by atoms with E-state index in [0.29, 0.717) is 9.71 Å². The van der Waals surface area contributed by atoms with E-state index in [0.717, 1.165) is 12.5 Å². The number of para-hydroxylation sites is 1. The van der Waals surface area contributed by atoms with Crippen molar-refractivity contribution in [2.75, 3.05) is 4.31 Å². The molecular formula is C21H22F3NO3S2. The molecule has 0 unspecified atom stereocenters. The summed E-state index contributed by atoms with van der Waals surface area (Å²) < 4.78 is 64.6. The number of hydrogen-bond donors (Lipinski definition) is 0. The van der Waals surface area contributed by atoms with Crippen LogP contribution in [-0.2, 0) is 20.2 Å². The number of nitrogens with zero attached hydrogens (tertiary/aromatic N) is 1. The Bertz CT molecular complexity index is 1020. The molecule has 2 aromatic rings. The van der Waals surface area contributed by atoms with Crippen LogP contribution in [-0.4, -0.2) is 19.8 Å². The van der Waals surface area contributed by atoms with Crippen LogP contribution >= 0.6 is 11.8 Å². The van der Waals surface area contributed by atoms with E-state index in [9.17, 15) is 26.4 Å². The molecule has 0 saturated heterocycles. The fraction of sp³-hybridized carbons (Fsp3) is 0.286. The smallest absolute Gasteiger partial charge is 0.268 e. The maximum atomic E-state index is 13.3. The Balaban J connectivity index is 2.53. The summed E-state index contributed by atoms with van der Waals surface area (Å²) in [6, 6.07) is 13.6. The number of anilines is 1. The van der Waals surface area contributed by atoms with Crippen LogP contribution in [0.2, 0.25) is 0 Å². The molecule has 0 atom stereocenters. The third-order valence-electron chi connectivity index (χ3n) is 4.14. The first-order valence-electron chi connectivity index (χ1n) is 8.90. The summed E-state index contributed by atoms with van der Waals surface area (Å²) in [4.78, 5) is 12.8. The zero-order chi connectivity index (χ0) is 22.7. The highest BCUT2D eigenvalue weighted by Crippen LogP contribution is 2.33. The summed E-state index contributed by atoms with van der Waals surface area (Å²) in [5.41, 5.74) is -4.20. The third-order valence-corrected chi connectivity index (χ3v) is 6.60. The molecule has 0 spiro atoms. The fourth-order valence-electron chi connectivity index (χ4n) is 2.53. The normalized spacial score (nSPS) is 13.2. The lowest BCUT2D eigenvalue weighted by Gasteiger charge is -2.24. The first-order valence-corrected chi connectivity index (χ1v) is 11.2. The molecular weight excluding hydrogens is 435 g/mol. The number of carbonyl (C=O) groups is 1. The number of hydrogen-bond acceptors (Lipinski definition) is 4. The Morgan fingerprint density at radius 3 is 1.97 bits per heavy atom. The second-order valence-corrected chi connectivity index (χ2v) is 10.3. The molecule has 162 valence electrons. The molecule has 0 fully saturated rings. The minimum atomic E-state index is -4.58. The summed E-state index contributed by atoms with van der Waals surface area (Å²) in [6.45, 7) is 7.07. The molecule has 1 amide bonds. The van der Waals surface area contributed by atoms with Crippen molar-refractivity contribution in [3.8, 4) is 0 Å². The number of amides is 1. The van der Waals surface area contributed by atoms with Crippen LogP contribution in [0, 0.1) is 0 Å². The van der Waals surface area contributed by atoms with Gasteiger partial charge in [0.05, 0.1) is 10.6 Å². The van der Waals surface area contributed by atoms with Crippen molar-refractivity contribution in [2.45, 2.75) is 43.5 Å². The number of benzene rings is 2. The quantitative estimate of drug-likeness (QED) is 0.528. The average Bonchev–Trinajstić information content (AvgIpc) is 2.65. The van der Waals surface area contributed by atoms with E-state index < -0.39 is 33.2 Å². The number of alkyl halides is 3. The van der Waals surface area contributed by atoms with Crippen LogP contribution in [0.1, 0.15) is 33.3 Å². The number of thioether (sulfide) groups is 1. The van der Waals surface area contributed by atoms with Crippen LogP contribution in [0.15, 0.2) is 70.5 Å². The van der Waals surface area contributed by atoms with E-state index >= 15 is 0 Å². The second kappa shape index (κ2) is 8.85. The van der Waals surface area contributed by atoms with Gasteiger partial charge in [-0.1, -0.05) is 51.1 Å². The SMILES string of the molecule is CC(=CSC(F)(F)F)C(=O)N(c1ccccc1)S(=O)(=O)c1ccc(C(C)(C)C)cc1. The van der Waals surface area contributed by atoms with Crippen LogP contribution in [0.25, 0.3) is 0 Å². The Morgan fingerprint density at radius 2 is 1.50 bits per heavy atom. The van der Waals surface area contributed by atoms with Crippen molar-refractivity contribution >= 4 is 33.4 Å². The van der Waals surface area contributed by atoms with Crippen molar-refractivity contribution in [3.63, 3.8) is 0 Å². The standard InChI is InChI=1S/C21H22F3NO3S2/c1-15(14-29-21(22,23)24)19(26)25(17-8-6-5-7-9-17)30(27,28)18-12-10-16(11-13-18)20(2,3)4/h5-14H,1-4H3. The zero-order valence-corrected chi connectivity index (χ0v) is 18.5. The van der Waals surface area contributed by atoms with E-state index in [1.54, 1.807) is 18.2 Å². The molecule has 0 aliphatic rings. The molecule has 9 heteroatoms. The Labute approximate surface area is 178 Å². The van der Waals surface area contributed by atoms with Gasteiger partial charge < -0.3 is 0 Å². The van der Waals surface area contributed by atoms with E-state index in [1.165, 1.54) is 36.4 Å². The summed E-state index contributed by atoms with van der Waals surface area (Å²) in [6.07, 6.45) is 0. The predicted octanol–water partition coefficient (Wildman–Crippen LogP) is 5.86. The van der Waals surface area contributed by atoms with Crippen molar-refractivity contribution in [2.24, 2.45) is 0 Å². The lowest BCUT2D eigenvalue weighted by Crippen LogP contribution is -2.37. The van der Waals surface area contributed by atoms with Gasteiger partial charge in [0.15, 0.2) is 0 Å². The van der Waals surface area contributed by atoms with Gasteiger partial charge in [-0.3, -0.25) is 4.79 Å². The molecule has 2 aromatic carbocycles. The Morgan fingerprint density at radius 1 is 0.967 bits per heavy atom. The van der Waals surface area contributed by atoms with E-state index in [-0.39, 0.29) is 21.6 Å². The summed E-state index contributed by atoms with van der Waals surface area (Å²) >= 11 is -0.511. The van der Waals surface area contributed by atoms with E-state index in [4.69, 9.17) is 0 Å². The largest absolute Gasteiger partial charge is 0.445 e. The van der Waals surface area contributed by atoms with Gasteiger partial charge in [0.25, 0.3) is 15.9 Å². The molecule has 0 N–H and O–H groups in total. The molecule has 2 rings (SSSR count). The molecule has 0 saturated carbocycles. The number of carbonyl (C=O) groups excluding carboxylic acids is 1. The van der Waals surface area contributed by atoms with Crippen molar-refractivity contribution < 1.29 is 26.4 Å². The minimum Gasteiger partial charge on any atom is -0.268 e. The van der Waals surface area contributed by atoms with Crippen LogP contribution in [0.3, 0.4) is 0 Å². The highest BCUT2D eigenvalue weighted by atomic mass is 32.2. The molecule has 0 aliphatic heterocycles.